The third-order valence-corrected chi connectivity index (χ3v) is 9.75. The van der Waals surface area contributed by atoms with Crippen molar-refractivity contribution in [2.45, 2.75) is 88.9 Å². The highest BCUT2D eigenvalue weighted by atomic mass is 19.1. The Morgan fingerprint density at radius 1 is 1.00 bits per heavy atom. The number of ketones is 1. The first kappa shape index (κ1) is 22.5. The lowest BCUT2D eigenvalue weighted by atomic mass is 9.47. The smallest absolute Gasteiger partial charge is 0.309 e. The maximum Gasteiger partial charge on any atom is 0.309 e. The average Bonchev–Trinajstić information content (AvgIpc) is 3.53. The Morgan fingerprint density at radius 3 is 2.18 bits per heavy atom. The topological polar surface area (TPSA) is 52.6 Å². The van der Waals surface area contributed by atoms with E-state index >= 15 is 4.39 Å². The van der Waals surface area contributed by atoms with E-state index in [4.69, 9.17) is 9.47 Å². The van der Waals surface area contributed by atoms with E-state index < -0.39 is 17.7 Å². The van der Waals surface area contributed by atoms with Crippen molar-refractivity contribution >= 4 is 11.8 Å². The zero-order valence-corrected chi connectivity index (χ0v) is 20.5. The van der Waals surface area contributed by atoms with Gasteiger partial charge in [0.2, 0.25) is 0 Å². The minimum absolute atomic E-state index is 0.00125. The number of hydrogen-bond donors (Lipinski definition) is 0. The number of ether oxygens (including phenoxy) is 2. The van der Waals surface area contributed by atoms with Crippen LogP contribution in [0.3, 0.4) is 0 Å². The number of esters is 1. The number of hydrogen-bond acceptors (Lipinski definition) is 4. The highest BCUT2D eigenvalue weighted by Crippen LogP contribution is 2.64. The molecule has 0 aromatic heterocycles. The lowest BCUT2D eigenvalue weighted by Crippen LogP contribution is -2.49. The maximum absolute atomic E-state index is 16.2. The Morgan fingerprint density at radius 2 is 1.62 bits per heavy atom. The lowest BCUT2D eigenvalue weighted by Gasteiger charge is -2.57. The van der Waals surface area contributed by atoms with Crippen molar-refractivity contribution < 1.29 is 23.5 Å². The molecule has 7 rings (SSSR count). The second kappa shape index (κ2) is 8.34. The third kappa shape index (κ3) is 3.52. The molecule has 0 aliphatic heterocycles. The molecule has 0 N–H and O–H groups in total. The van der Waals surface area contributed by atoms with Gasteiger partial charge in [0.1, 0.15) is 0 Å². The summed E-state index contributed by atoms with van der Waals surface area (Å²) < 4.78 is 27.3. The zero-order chi connectivity index (χ0) is 23.6. The fourth-order valence-corrected chi connectivity index (χ4v) is 8.71. The van der Waals surface area contributed by atoms with E-state index in [2.05, 4.69) is 0 Å². The fraction of sp³-hybridized carbons (Fsp3) is 0.724. The van der Waals surface area contributed by atoms with Gasteiger partial charge >= 0.3 is 5.97 Å². The van der Waals surface area contributed by atoms with Crippen LogP contribution in [0.1, 0.15) is 105 Å². The molecular formula is C29H37FO4. The van der Waals surface area contributed by atoms with Crippen LogP contribution >= 0.6 is 0 Å². The number of benzene rings is 1. The van der Waals surface area contributed by atoms with E-state index in [-0.39, 0.29) is 22.7 Å². The summed E-state index contributed by atoms with van der Waals surface area (Å²) in [7, 11) is 1.56. The van der Waals surface area contributed by atoms with Crippen molar-refractivity contribution in [2.75, 3.05) is 13.7 Å². The molecule has 2 atom stereocenters. The van der Waals surface area contributed by atoms with E-state index in [0.717, 1.165) is 67.4 Å². The summed E-state index contributed by atoms with van der Waals surface area (Å²) in [6.07, 6.45) is 11.6. The Balaban J connectivity index is 1.42. The molecule has 5 heteroatoms. The van der Waals surface area contributed by atoms with E-state index in [1.54, 1.807) is 14.0 Å². The van der Waals surface area contributed by atoms with Gasteiger partial charge in [-0.05, 0) is 106 Å². The molecule has 4 bridgehead atoms. The first-order valence-corrected chi connectivity index (χ1v) is 13.6. The number of halogens is 1. The molecule has 184 valence electrons. The van der Waals surface area contributed by atoms with Gasteiger partial charge < -0.3 is 9.47 Å². The molecule has 0 spiro atoms. The molecule has 0 radical (unpaired) electrons. The van der Waals surface area contributed by atoms with Crippen LogP contribution in [-0.2, 0) is 14.9 Å². The summed E-state index contributed by atoms with van der Waals surface area (Å²) >= 11 is 0. The second-order valence-corrected chi connectivity index (χ2v) is 12.0. The first-order valence-electron chi connectivity index (χ1n) is 13.6. The van der Waals surface area contributed by atoms with Crippen molar-refractivity contribution in [1.82, 2.24) is 0 Å². The minimum Gasteiger partial charge on any atom is -0.493 e. The largest absolute Gasteiger partial charge is 0.493 e. The highest BCUT2D eigenvalue weighted by molar-refractivity contribution is 6.01. The average molecular weight is 469 g/mol. The molecule has 1 aromatic carbocycles. The highest BCUT2D eigenvalue weighted by Gasteiger charge is 2.54. The molecule has 0 saturated heterocycles. The van der Waals surface area contributed by atoms with Crippen LogP contribution in [0.25, 0.3) is 0 Å². The summed E-state index contributed by atoms with van der Waals surface area (Å²) in [4.78, 5) is 26.2. The van der Waals surface area contributed by atoms with Crippen LogP contribution in [0.4, 0.5) is 4.39 Å². The summed E-state index contributed by atoms with van der Waals surface area (Å²) in [5.74, 6) is 0.916. The van der Waals surface area contributed by atoms with Crippen LogP contribution < -0.4 is 4.74 Å². The standard InChI is InChI=1S/C29H37FO4/c1-3-34-28(32)21-6-4-5-20(21)26(31)23-12-22(19-7-8-19)24(27(33-2)25(23)30)29-13-16-9-17(14-29)11-18(10-16)15-29/h12,16-21H,3-11,13-15H2,1-2H3. The number of Topliss-reactive ketones (excluding diaryl/α,β-unsaturated/α-hetero) is 1. The van der Waals surface area contributed by atoms with Gasteiger partial charge in [0.05, 0.1) is 25.2 Å². The predicted molar refractivity (Wildman–Crippen MR) is 127 cm³/mol. The van der Waals surface area contributed by atoms with Crippen LogP contribution in [0, 0.1) is 35.4 Å². The van der Waals surface area contributed by atoms with Crippen molar-refractivity contribution in [3.63, 3.8) is 0 Å². The first-order chi connectivity index (χ1) is 16.4. The van der Waals surface area contributed by atoms with Crippen LogP contribution in [0.2, 0.25) is 0 Å². The molecule has 0 amide bonds. The molecular weight excluding hydrogens is 431 g/mol. The summed E-state index contributed by atoms with van der Waals surface area (Å²) in [5, 5.41) is 0. The van der Waals surface area contributed by atoms with E-state index in [1.165, 1.54) is 19.3 Å². The molecule has 0 heterocycles. The summed E-state index contributed by atoms with van der Waals surface area (Å²) in [5.41, 5.74) is 2.39. The van der Waals surface area contributed by atoms with Crippen LogP contribution in [-0.4, -0.2) is 25.5 Å². The number of methoxy groups -OCH3 is 1. The van der Waals surface area contributed by atoms with Crippen LogP contribution in [0.5, 0.6) is 5.75 Å². The van der Waals surface area contributed by atoms with Crippen LogP contribution in [0.15, 0.2) is 6.07 Å². The molecule has 6 saturated carbocycles. The Kier molecular flexibility index (Phi) is 5.53. The van der Waals surface area contributed by atoms with Crippen molar-refractivity contribution in [1.29, 1.82) is 0 Å². The summed E-state index contributed by atoms with van der Waals surface area (Å²) in [6.45, 7) is 2.07. The number of carbonyl (C=O) groups is 2. The predicted octanol–water partition coefficient (Wildman–Crippen LogP) is 6.34. The summed E-state index contributed by atoms with van der Waals surface area (Å²) in [6, 6.07) is 1.88. The molecule has 4 nitrogen and oxygen atoms in total. The van der Waals surface area contributed by atoms with Gasteiger partial charge in [-0.3, -0.25) is 9.59 Å². The fourth-order valence-electron chi connectivity index (χ4n) is 8.71. The molecule has 6 aliphatic rings. The van der Waals surface area contributed by atoms with Gasteiger partial charge in [-0.25, -0.2) is 4.39 Å². The maximum atomic E-state index is 16.2. The van der Waals surface area contributed by atoms with Gasteiger partial charge in [-0.1, -0.05) is 6.42 Å². The van der Waals surface area contributed by atoms with Crippen molar-refractivity contribution in [2.24, 2.45) is 29.6 Å². The molecule has 1 aromatic rings. The van der Waals surface area contributed by atoms with Crippen molar-refractivity contribution in [3.8, 4) is 5.75 Å². The van der Waals surface area contributed by atoms with Gasteiger partial charge in [-0.15, -0.1) is 0 Å². The van der Waals surface area contributed by atoms with Gasteiger partial charge in [0.25, 0.3) is 0 Å². The third-order valence-electron chi connectivity index (χ3n) is 9.75. The van der Waals surface area contributed by atoms with Gasteiger partial charge in [0.15, 0.2) is 17.3 Å². The second-order valence-electron chi connectivity index (χ2n) is 12.0. The normalized spacial score (nSPS) is 36.0. The molecule has 2 unspecified atom stereocenters. The monoisotopic (exact) mass is 468 g/mol. The Bertz CT molecular complexity index is 975. The van der Waals surface area contributed by atoms with E-state index in [0.29, 0.717) is 31.1 Å². The number of carbonyl (C=O) groups excluding carboxylic acids is 2. The Hall–Kier alpha value is -1.91. The van der Waals surface area contributed by atoms with Gasteiger partial charge in [-0.2, -0.15) is 0 Å². The van der Waals surface area contributed by atoms with E-state index in [9.17, 15) is 9.59 Å². The molecule has 6 fully saturated rings. The SMILES string of the molecule is CCOC(=O)C1CCCC1C(=O)c1cc(C2CC2)c(C23CC4CC(CC(C4)C2)C3)c(OC)c1F. The Labute approximate surface area is 202 Å². The quantitative estimate of drug-likeness (QED) is 0.346. The molecule has 6 aliphatic carbocycles. The van der Waals surface area contributed by atoms with E-state index in [1.807, 2.05) is 6.07 Å². The molecule has 34 heavy (non-hydrogen) atoms. The van der Waals surface area contributed by atoms with Crippen molar-refractivity contribution in [3.05, 3.63) is 28.6 Å². The van der Waals surface area contributed by atoms with Gasteiger partial charge in [0, 0.05) is 16.9 Å². The minimum atomic E-state index is -0.504. The lowest BCUT2D eigenvalue weighted by molar-refractivity contribution is -0.148. The zero-order valence-electron chi connectivity index (χ0n) is 20.5. The number of rotatable bonds is 7.